The van der Waals surface area contributed by atoms with Gasteiger partial charge in [0.25, 0.3) is 0 Å². The molecule has 5 heteroatoms. The van der Waals surface area contributed by atoms with Gasteiger partial charge in [-0.1, -0.05) is 44.2 Å². The van der Waals surface area contributed by atoms with Gasteiger partial charge in [-0.2, -0.15) is 0 Å². The molecule has 2 atom stereocenters. The molecule has 2 unspecified atom stereocenters. The minimum atomic E-state index is -0.327. The molecule has 1 fully saturated rings. The fraction of sp³-hybridized carbons (Fsp3) is 0.476. The molecule has 1 aromatic heterocycles. The van der Waals surface area contributed by atoms with Gasteiger partial charge in [-0.25, -0.2) is 4.79 Å². The molecule has 2 N–H and O–H groups in total. The highest BCUT2D eigenvalue weighted by atomic mass is 32.1. The lowest BCUT2D eigenvalue weighted by Gasteiger charge is -2.34. The Morgan fingerprint density at radius 3 is 2.50 bits per heavy atom. The third-order valence-electron chi connectivity index (χ3n) is 4.86. The Kier molecular flexibility index (Phi) is 5.99. The maximum Gasteiger partial charge on any atom is 0.341 e. The monoisotopic (exact) mass is 372 g/mol. The number of nitrogens with two attached hydrogens (primary N) is 1. The first-order chi connectivity index (χ1) is 12.5. The van der Waals surface area contributed by atoms with E-state index in [1.54, 1.807) is 0 Å². The largest absolute Gasteiger partial charge is 0.462 e. The van der Waals surface area contributed by atoms with E-state index in [2.05, 4.69) is 18.7 Å². The van der Waals surface area contributed by atoms with Crippen molar-refractivity contribution in [3.05, 3.63) is 40.8 Å². The number of hydrogen-bond acceptors (Lipinski definition) is 5. The summed E-state index contributed by atoms with van der Waals surface area (Å²) in [6.07, 6.45) is 1.28. The van der Waals surface area contributed by atoms with Gasteiger partial charge >= 0.3 is 5.97 Å². The summed E-state index contributed by atoms with van der Waals surface area (Å²) < 4.78 is 5.28. The van der Waals surface area contributed by atoms with Crippen LogP contribution in [-0.2, 0) is 11.3 Å². The Labute approximate surface area is 160 Å². The Morgan fingerprint density at radius 2 is 1.88 bits per heavy atom. The number of rotatable bonds is 5. The smallest absolute Gasteiger partial charge is 0.341 e. The van der Waals surface area contributed by atoms with Crippen LogP contribution in [0.15, 0.2) is 30.3 Å². The van der Waals surface area contributed by atoms with E-state index in [1.165, 1.54) is 17.8 Å². The predicted octanol–water partition coefficient (Wildman–Crippen LogP) is 4.65. The van der Waals surface area contributed by atoms with Crippen molar-refractivity contribution in [1.82, 2.24) is 4.90 Å². The lowest BCUT2D eigenvalue weighted by molar-refractivity contribution is 0.0529. The molecule has 0 amide bonds. The van der Waals surface area contributed by atoms with E-state index >= 15 is 0 Å². The third-order valence-corrected chi connectivity index (χ3v) is 5.87. The Balaban J connectivity index is 1.99. The quantitative estimate of drug-likeness (QED) is 0.776. The van der Waals surface area contributed by atoms with E-state index in [-0.39, 0.29) is 5.97 Å². The van der Waals surface area contributed by atoms with Crippen molar-refractivity contribution >= 4 is 22.3 Å². The van der Waals surface area contributed by atoms with Crippen LogP contribution in [0.2, 0.25) is 0 Å². The van der Waals surface area contributed by atoms with Gasteiger partial charge in [0.05, 0.1) is 6.61 Å². The van der Waals surface area contributed by atoms with E-state index in [9.17, 15) is 4.79 Å². The second kappa shape index (κ2) is 8.23. The number of piperidine rings is 1. The molecule has 0 bridgehead atoms. The number of nitrogen functional groups attached to an aromatic ring is 1. The number of hydrogen-bond donors (Lipinski definition) is 1. The summed E-state index contributed by atoms with van der Waals surface area (Å²) in [6, 6.07) is 10.0. The van der Waals surface area contributed by atoms with Crippen molar-refractivity contribution in [3.63, 3.8) is 0 Å². The lowest BCUT2D eigenvalue weighted by Crippen LogP contribution is -2.38. The summed E-state index contributed by atoms with van der Waals surface area (Å²) in [5, 5.41) is 0.551. The molecular formula is C21H28N2O2S. The number of carbonyl (C=O) groups excluding carboxylic acids is 1. The molecule has 2 heterocycles. The fourth-order valence-corrected chi connectivity index (χ4v) is 5.17. The SMILES string of the molecule is CCOC(=O)c1c(N)sc(CN2CC(C)CC(C)C2)c1-c1ccccc1. The van der Waals surface area contributed by atoms with E-state index in [0.717, 1.165) is 35.6 Å². The Hall–Kier alpha value is -1.85. The normalized spacial score (nSPS) is 20.9. The van der Waals surface area contributed by atoms with Crippen LogP contribution in [0.3, 0.4) is 0 Å². The van der Waals surface area contributed by atoms with Crippen LogP contribution < -0.4 is 5.73 Å². The number of esters is 1. The first-order valence-electron chi connectivity index (χ1n) is 9.35. The van der Waals surface area contributed by atoms with E-state index in [0.29, 0.717) is 29.0 Å². The molecule has 1 aliphatic heterocycles. The van der Waals surface area contributed by atoms with Gasteiger partial charge in [-0.3, -0.25) is 4.90 Å². The van der Waals surface area contributed by atoms with E-state index in [4.69, 9.17) is 10.5 Å². The molecular weight excluding hydrogens is 344 g/mol. The molecule has 0 spiro atoms. The second-order valence-corrected chi connectivity index (χ2v) is 8.50. The van der Waals surface area contributed by atoms with Gasteiger partial charge in [-0.15, -0.1) is 11.3 Å². The first kappa shape index (κ1) is 18.9. The topological polar surface area (TPSA) is 55.6 Å². The van der Waals surface area contributed by atoms with Gasteiger partial charge in [-0.05, 0) is 30.7 Å². The molecule has 1 aromatic carbocycles. The van der Waals surface area contributed by atoms with Gasteiger partial charge < -0.3 is 10.5 Å². The summed E-state index contributed by atoms with van der Waals surface area (Å²) in [5.41, 5.74) is 8.76. The minimum absolute atomic E-state index is 0.327. The highest BCUT2D eigenvalue weighted by Gasteiger charge is 2.28. The number of carbonyl (C=O) groups is 1. The highest BCUT2D eigenvalue weighted by molar-refractivity contribution is 7.17. The van der Waals surface area contributed by atoms with E-state index in [1.807, 2.05) is 37.3 Å². The van der Waals surface area contributed by atoms with Gasteiger partial charge in [0.15, 0.2) is 0 Å². The molecule has 0 saturated carbocycles. The molecule has 2 aromatic rings. The van der Waals surface area contributed by atoms with Crippen molar-refractivity contribution in [2.75, 3.05) is 25.4 Å². The molecule has 26 heavy (non-hydrogen) atoms. The van der Waals surface area contributed by atoms with Crippen LogP contribution in [0.1, 0.15) is 42.4 Å². The van der Waals surface area contributed by atoms with Crippen molar-refractivity contribution in [3.8, 4) is 11.1 Å². The van der Waals surface area contributed by atoms with Crippen molar-refractivity contribution < 1.29 is 9.53 Å². The fourth-order valence-electron chi connectivity index (χ4n) is 4.05. The van der Waals surface area contributed by atoms with Crippen molar-refractivity contribution in [2.24, 2.45) is 11.8 Å². The zero-order chi connectivity index (χ0) is 18.7. The lowest BCUT2D eigenvalue weighted by atomic mass is 9.91. The summed E-state index contributed by atoms with van der Waals surface area (Å²) >= 11 is 1.52. The average molecular weight is 373 g/mol. The molecule has 0 aliphatic carbocycles. The molecule has 3 rings (SSSR count). The van der Waals surface area contributed by atoms with Crippen LogP contribution in [0.4, 0.5) is 5.00 Å². The van der Waals surface area contributed by atoms with Crippen LogP contribution in [0.25, 0.3) is 11.1 Å². The van der Waals surface area contributed by atoms with Crippen LogP contribution in [-0.4, -0.2) is 30.6 Å². The number of ether oxygens (including phenoxy) is 1. The van der Waals surface area contributed by atoms with Crippen LogP contribution in [0, 0.1) is 11.8 Å². The van der Waals surface area contributed by atoms with E-state index < -0.39 is 0 Å². The van der Waals surface area contributed by atoms with Gasteiger partial charge in [0.1, 0.15) is 10.6 Å². The number of benzene rings is 1. The maximum absolute atomic E-state index is 12.6. The third kappa shape index (κ3) is 4.10. The molecule has 4 nitrogen and oxygen atoms in total. The summed E-state index contributed by atoms with van der Waals surface area (Å²) in [4.78, 5) is 16.2. The highest BCUT2D eigenvalue weighted by Crippen LogP contribution is 2.40. The van der Waals surface area contributed by atoms with Gasteiger partial charge in [0, 0.05) is 30.1 Å². The standard InChI is InChI=1S/C21H28N2O2S/c1-4-25-21(24)19-18(16-8-6-5-7-9-16)17(26-20(19)22)13-23-11-14(2)10-15(3)12-23/h5-9,14-15H,4,10-13,22H2,1-3H3. The molecule has 140 valence electrons. The van der Waals surface area contributed by atoms with Gasteiger partial charge in [0.2, 0.25) is 0 Å². The predicted molar refractivity (Wildman–Crippen MR) is 108 cm³/mol. The zero-order valence-electron chi connectivity index (χ0n) is 15.8. The summed E-state index contributed by atoms with van der Waals surface area (Å²) in [6.45, 7) is 9.80. The minimum Gasteiger partial charge on any atom is -0.462 e. The zero-order valence-corrected chi connectivity index (χ0v) is 16.6. The Morgan fingerprint density at radius 1 is 1.23 bits per heavy atom. The number of anilines is 1. The number of likely N-dealkylation sites (tertiary alicyclic amines) is 1. The van der Waals surface area contributed by atoms with Crippen molar-refractivity contribution in [2.45, 2.75) is 33.7 Å². The number of nitrogens with zero attached hydrogens (tertiary/aromatic N) is 1. The Bertz CT molecular complexity index is 747. The number of thiophene rings is 1. The summed E-state index contributed by atoms with van der Waals surface area (Å²) in [7, 11) is 0. The first-order valence-corrected chi connectivity index (χ1v) is 10.2. The second-order valence-electron chi connectivity index (χ2n) is 7.37. The molecule has 1 aliphatic rings. The van der Waals surface area contributed by atoms with Crippen LogP contribution >= 0.6 is 11.3 Å². The summed E-state index contributed by atoms with van der Waals surface area (Å²) in [5.74, 6) is 1.06. The maximum atomic E-state index is 12.6. The molecule has 0 radical (unpaired) electrons. The average Bonchev–Trinajstić information content (AvgIpc) is 2.91. The van der Waals surface area contributed by atoms with Crippen molar-refractivity contribution in [1.29, 1.82) is 0 Å². The van der Waals surface area contributed by atoms with Crippen LogP contribution in [0.5, 0.6) is 0 Å². The molecule has 1 saturated heterocycles.